The fraction of sp³-hybridized carbons (Fsp3) is 0.217. The highest BCUT2D eigenvalue weighted by atomic mass is 35.5. The van der Waals surface area contributed by atoms with E-state index in [0.29, 0.717) is 39.9 Å². The highest BCUT2D eigenvalue weighted by molar-refractivity contribution is 7.15. The Morgan fingerprint density at radius 1 is 1.26 bits per heavy atom. The zero-order valence-electron chi connectivity index (χ0n) is 16.9. The molecule has 3 aromatic rings. The van der Waals surface area contributed by atoms with Crippen LogP contribution in [0.3, 0.4) is 0 Å². The Labute approximate surface area is 188 Å². The van der Waals surface area contributed by atoms with Gasteiger partial charge in [0.1, 0.15) is 4.88 Å². The van der Waals surface area contributed by atoms with E-state index < -0.39 is 5.97 Å². The summed E-state index contributed by atoms with van der Waals surface area (Å²) in [7, 11) is 1.56. The lowest BCUT2D eigenvalue weighted by Gasteiger charge is -2.26. The van der Waals surface area contributed by atoms with Crippen LogP contribution in [0.5, 0.6) is 11.5 Å². The molecule has 0 saturated carbocycles. The maximum Gasteiger partial charge on any atom is 0.346 e. The molecule has 1 aromatic heterocycles. The first-order valence-electron chi connectivity index (χ1n) is 9.70. The van der Waals surface area contributed by atoms with Crippen molar-refractivity contribution in [1.29, 1.82) is 0 Å². The first-order chi connectivity index (χ1) is 14.9. The van der Waals surface area contributed by atoms with E-state index in [4.69, 9.17) is 21.1 Å². The van der Waals surface area contributed by atoms with Crippen molar-refractivity contribution in [2.75, 3.05) is 19.0 Å². The van der Waals surface area contributed by atoms with Crippen LogP contribution in [0.15, 0.2) is 42.5 Å². The standard InChI is InChI=1S/C23H20ClNO5S/c1-3-30-20-14(5-4-6-16(20)29-2)15-11-17(26)25-19-18(12-7-9-13(24)10-8-12)22(23(27)28)31-21(15)19/h4-10,15H,3,11H2,1-2H3,(H,25,26)(H,27,28). The second kappa shape index (κ2) is 8.61. The predicted octanol–water partition coefficient (Wildman–Crippen LogP) is 5.65. The zero-order chi connectivity index (χ0) is 22.1. The average Bonchev–Trinajstić information content (AvgIpc) is 3.14. The highest BCUT2D eigenvalue weighted by Crippen LogP contribution is 2.51. The summed E-state index contributed by atoms with van der Waals surface area (Å²) in [4.78, 5) is 25.7. The van der Waals surface area contributed by atoms with Crippen LogP contribution in [0.4, 0.5) is 5.69 Å². The van der Waals surface area contributed by atoms with Crippen LogP contribution in [0.1, 0.15) is 39.4 Å². The molecule has 2 N–H and O–H groups in total. The van der Waals surface area contributed by atoms with Gasteiger partial charge in [-0.2, -0.15) is 0 Å². The van der Waals surface area contributed by atoms with Gasteiger partial charge in [-0.3, -0.25) is 4.79 Å². The number of anilines is 1. The Balaban J connectivity index is 1.94. The molecule has 0 fully saturated rings. The number of carboxylic acids is 1. The van der Waals surface area contributed by atoms with Crippen LogP contribution in [0.2, 0.25) is 5.02 Å². The molecule has 0 spiro atoms. The maximum atomic E-state index is 12.7. The van der Waals surface area contributed by atoms with Gasteiger partial charge in [-0.1, -0.05) is 35.9 Å². The van der Waals surface area contributed by atoms with Crippen LogP contribution < -0.4 is 14.8 Å². The van der Waals surface area contributed by atoms with Crippen molar-refractivity contribution in [3.05, 3.63) is 62.8 Å². The van der Waals surface area contributed by atoms with E-state index in [0.717, 1.165) is 10.4 Å². The van der Waals surface area contributed by atoms with Crippen LogP contribution in [-0.4, -0.2) is 30.7 Å². The lowest BCUT2D eigenvalue weighted by atomic mass is 9.88. The van der Waals surface area contributed by atoms with Crippen molar-refractivity contribution in [1.82, 2.24) is 0 Å². The molecule has 160 valence electrons. The Morgan fingerprint density at radius 3 is 2.65 bits per heavy atom. The molecule has 6 nitrogen and oxygen atoms in total. The highest BCUT2D eigenvalue weighted by Gasteiger charge is 2.36. The summed E-state index contributed by atoms with van der Waals surface area (Å²) in [5.41, 5.74) is 2.48. The van der Waals surface area contributed by atoms with Gasteiger partial charge in [0, 0.05) is 33.4 Å². The minimum atomic E-state index is -1.05. The number of ether oxygens (including phenoxy) is 2. The molecule has 1 atom stereocenters. The second-order valence-electron chi connectivity index (χ2n) is 6.97. The number of carboxylic acid groups (broad SMARTS) is 1. The van der Waals surface area contributed by atoms with E-state index in [-0.39, 0.29) is 23.1 Å². The van der Waals surface area contributed by atoms with Gasteiger partial charge in [0.05, 0.1) is 19.4 Å². The third kappa shape index (κ3) is 3.86. The number of nitrogens with one attached hydrogen (secondary N) is 1. The van der Waals surface area contributed by atoms with Crippen LogP contribution in [0, 0.1) is 0 Å². The van der Waals surface area contributed by atoms with Crippen LogP contribution >= 0.6 is 22.9 Å². The predicted molar refractivity (Wildman–Crippen MR) is 121 cm³/mol. The van der Waals surface area contributed by atoms with E-state index >= 15 is 0 Å². The summed E-state index contributed by atoms with van der Waals surface area (Å²) >= 11 is 7.18. The van der Waals surface area contributed by atoms with Crippen LogP contribution in [0.25, 0.3) is 11.1 Å². The lowest BCUT2D eigenvalue weighted by molar-refractivity contribution is -0.116. The number of methoxy groups -OCH3 is 1. The molecule has 0 saturated heterocycles. The number of carbonyl (C=O) groups excluding carboxylic acids is 1. The third-order valence-electron chi connectivity index (χ3n) is 5.13. The van der Waals surface area contributed by atoms with E-state index in [2.05, 4.69) is 5.32 Å². The Morgan fingerprint density at radius 2 is 2.00 bits per heavy atom. The fourth-order valence-electron chi connectivity index (χ4n) is 3.85. The van der Waals surface area contributed by atoms with Crippen molar-refractivity contribution >= 4 is 40.5 Å². The molecule has 2 aromatic carbocycles. The lowest BCUT2D eigenvalue weighted by Crippen LogP contribution is -2.23. The number of halogens is 1. The van der Waals surface area contributed by atoms with Gasteiger partial charge in [0.15, 0.2) is 11.5 Å². The summed E-state index contributed by atoms with van der Waals surface area (Å²) in [5.74, 6) is -0.457. The number of thiophene rings is 1. The van der Waals surface area contributed by atoms with Gasteiger partial charge in [-0.05, 0) is 30.7 Å². The number of carbonyl (C=O) groups is 2. The number of para-hydroxylation sites is 1. The molecule has 0 radical (unpaired) electrons. The largest absolute Gasteiger partial charge is 0.493 e. The number of hydrogen-bond donors (Lipinski definition) is 2. The average molecular weight is 458 g/mol. The zero-order valence-corrected chi connectivity index (χ0v) is 18.5. The molecule has 0 aliphatic carbocycles. The molecular weight excluding hydrogens is 438 g/mol. The number of hydrogen-bond acceptors (Lipinski definition) is 5. The van der Waals surface area contributed by atoms with Crippen LogP contribution in [-0.2, 0) is 4.79 Å². The Hall–Kier alpha value is -3.03. The van der Waals surface area contributed by atoms with E-state index in [1.54, 1.807) is 37.4 Å². The third-order valence-corrected chi connectivity index (χ3v) is 6.67. The van der Waals surface area contributed by atoms with Gasteiger partial charge in [-0.15, -0.1) is 11.3 Å². The molecular formula is C23H20ClNO5S. The molecule has 1 aliphatic rings. The summed E-state index contributed by atoms with van der Waals surface area (Å²) in [6, 6.07) is 12.4. The fourth-order valence-corrected chi connectivity index (χ4v) is 5.21. The smallest absolute Gasteiger partial charge is 0.346 e. The number of fused-ring (bicyclic) bond motifs is 1. The number of benzene rings is 2. The second-order valence-corrected chi connectivity index (χ2v) is 8.46. The van der Waals surface area contributed by atoms with Gasteiger partial charge >= 0.3 is 5.97 Å². The Bertz CT molecular complexity index is 1160. The van der Waals surface area contributed by atoms with Crippen molar-refractivity contribution in [2.24, 2.45) is 0 Å². The summed E-state index contributed by atoms with van der Waals surface area (Å²) in [6.45, 7) is 2.31. The number of rotatable bonds is 6. The first-order valence-corrected chi connectivity index (χ1v) is 10.9. The van der Waals surface area contributed by atoms with Gasteiger partial charge in [-0.25, -0.2) is 4.79 Å². The summed E-state index contributed by atoms with van der Waals surface area (Å²) < 4.78 is 11.3. The minimum Gasteiger partial charge on any atom is -0.493 e. The quantitative estimate of drug-likeness (QED) is 0.499. The normalized spacial score (nSPS) is 15.2. The van der Waals surface area contributed by atoms with Gasteiger partial charge in [0.25, 0.3) is 0 Å². The minimum absolute atomic E-state index is 0.167. The summed E-state index contributed by atoms with van der Waals surface area (Å²) in [6.07, 6.45) is 0.180. The van der Waals surface area contributed by atoms with Crippen molar-refractivity contribution in [3.63, 3.8) is 0 Å². The van der Waals surface area contributed by atoms with E-state index in [9.17, 15) is 14.7 Å². The number of aromatic carboxylic acids is 1. The molecule has 0 bridgehead atoms. The molecule has 4 rings (SSSR count). The monoisotopic (exact) mass is 457 g/mol. The topological polar surface area (TPSA) is 84.9 Å². The summed E-state index contributed by atoms with van der Waals surface area (Å²) in [5, 5.41) is 13.3. The first kappa shape index (κ1) is 21.2. The van der Waals surface area contributed by atoms with Crippen molar-refractivity contribution < 1.29 is 24.2 Å². The molecule has 1 unspecified atom stereocenters. The SMILES string of the molecule is CCOc1c(OC)cccc1C1CC(=O)Nc2c1sc(C(=O)O)c2-c1ccc(Cl)cc1. The van der Waals surface area contributed by atoms with Crippen molar-refractivity contribution in [3.8, 4) is 22.6 Å². The Kier molecular flexibility index (Phi) is 5.89. The van der Waals surface area contributed by atoms with Gasteiger partial charge in [0.2, 0.25) is 5.91 Å². The molecule has 8 heteroatoms. The van der Waals surface area contributed by atoms with E-state index in [1.807, 2.05) is 19.1 Å². The van der Waals surface area contributed by atoms with E-state index in [1.165, 1.54) is 11.3 Å². The molecule has 1 amide bonds. The maximum absolute atomic E-state index is 12.7. The number of amides is 1. The molecule has 31 heavy (non-hydrogen) atoms. The van der Waals surface area contributed by atoms with Crippen molar-refractivity contribution in [2.45, 2.75) is 19.3 Å². The molecule has 2 heterocycles. The molecule has 1 aliphatic heterocycles. The van der Waals surface area contributed by atoms with Gasteiger partial charge < -0.3 is 19.9 Å².